The standard InChI is InChI=1S/C21H16ClNO3S/c1-11-2-4-13(5-3-11)17-18-19(27-20(17)21(25)26)15(10-16(24)23-18)12-6-8-14(22)9-7-12/h2-9,15H,10H2,1H3,(H,23,24)(H,25,26)/t15-/m0/s1. The predicted molar refractivity (Wildman–Crippen MR) is 108 cm³/mol. The lowest BCUT2D eigenvalue weighted by Crippen LogP contribution is -2.22. The summed E-state index contributed by atoms with van der Waals surface area (Å²) in [7, 11) is 0. The molecular weight excluding hydrogens is 382 g/mol. The molecule has 0 aliphatic carbocycles. The number of carbonyl (C=O) groups excluding carboxylic acids is 1. The van der Waals surface area contributed by atoms with Crippen molar-refractivity contribution in [1.29, 1.82) is 0 Å². The van der Waals surface area contributed by atoms with E-state index in [1.54, 1.807) is 12.1 Å². The first-order chi connectivity index (χ1) is 12.9. The van der Waals surface area contributed by atoms with Gasteiger partial charge in [0, 0.05) is 27.8 Å². The second-order valence-corrected chi connectivity index (χ2v) is 8.06. The molecule has 3 aromatic rings. The number of nitrogens with one attached hydrogen (secondary N) is 1. The Kier molecular flexibility index (Phi) is 4.50. The summed E-state index contributed by atoms with van der Waals surface area (Å²) in [5.74, 6) is -1.30. The molecule has 1 amide bonds. The highest BCUT2D eigenvalue weighted by Crippen LogP contribution is 2.49. The van der Waals surface area contributed by atoms with Gasteiger partial charge in [-0.2, -0.15) is 0 Å². The number of aryl methyl sites for hydroxylation is 1. The smallest absolute Gasteiger partial charge is 0.346 e. The Bertz CT molecular complexity index is 1040. The van der Waals surface area contributed by atoms with Crippen molar-refractivity contribution in [2.45, 2.75) is 19.3 Å². The third-order valence-corrected chi connectivity index (χ3v) is 6.26. The summed E-state index contributed by atoms with van der Waals surface area (Å²) in [5, 5.41) is 13.3. The van der Waals surface area contributed by atoms with Crippen LogP contribution in [0.4, 0.5) is 5.69 Å². The number of carbonyl (C=O) groups is 2. The Morgan fingerprint density at radius 3 is 2.44 bits per heavy atom. The van der Waals surface area contributed by atoms with Crippen LogP contribution in [0.2, 0.25) is 5.02 Å². The molecule has 1 atom stereocenters. The van der Waals surface area contributed by atoms with Crippen molar-refractivity contribution in [1.82, 2.24) is 0 Å². The second kappa shape index (κ2) is 6.83. The van der Waals surface area contributed by atoms with Gasteiger partial charge < -0.3 is 10.4 Å². The van der Waals surface area contributed by atoms with Crippen molar-refractivity contribution in [2.24, 2.45) is 0 Å². The number of anilines is 1. The number of halogens is 1. The molecule has 1 aliphatic rings. The average Bonchev–Trinajstić information content (AvgIpc) is 3.02. The number of amides is 1. The van der Waals surface area contributed by atoms with Gasteiger partial charge in [0.2, 0.25) is 5.91 Å². The van der Waals surface area contributed by atoms with E-state index in [-0.39, 0.29) is 23.1 Å². The summed E-state index contributed by atoms with van der Waals surface area (Å²) in [6, 6.07) is 15.0. The molecule has 0 bridgehead atoms. The molecular formula is C21H16ClNO3S. The Morgan fingerprint density at radius 2 is 1.81 bits per heavy atom. The average molecular weight is 398 g/mol. The van der Waals surface area contributed by atoms with Gasteiger partial charge in [0.15, 0.2) is 0 Å². The predicted octanol–water partition coefficient (Wildman–Crippen LogP) is 5.55. The van der Waals surface area contributed by atoms with Crippen molar-refractivity contribution in [2.75, 3.05) is 5.32 Å². The van der Waals surface area contributed by atoms with Gasteiger partial charge in [-0.25, -0.2) is 4.79 Å². The number of hydrogen-bond acceptors (Lipinski definition) is 3. The van der Waals surface area contributed by atoms with Crippen LogP contribution in [0.15, 0.2) is 48.5 Å². The first kappa shape index (κ1) is 17.8. The van der Waals surface area contributed by atoms with E-state index >= 15 is 0 Å². The van der Waals surface area contributed by atoms with Gasteiger partial charge in [0.1, 0.15) is 4.88 Å². The summed E-state index contributed by atoms with van der Waals surface area (Å²) >= 11 is 7.22. The Balaban J connectivity index is 1.92. The summed E-state index contributed by atoms with van der Waals surface area (Å²) < 4.78 is 0. The van der Waals surface area contributed by atoms with Crippen LogP contribution in [0.25, 0.3) is 11.1 Å². The van der Waals surface area contributed by atoms with E-state index in [1.165, 1.54) is 11.3 Å². The Labute approximate surface area is 165 Å². The number of aromatic carboxylic acids is 1. The maximum Gasteiger partial charge on any atom is 0.346 e. The molecule has 136 valence electrons. The maximum atomic E-state index is 12.4. The number of thiophene rings is 1. The zero-order valence-electron chi connectivity index (χ0n) is 14.5. The van der Waals surface area contributed by atoms with E-state index in [2.05, 4.69) is 5.32 Å². The van der Waals surface area contributed by atoms with Crippen LogP contribution in [-0.4, -0.2) is 17.0 Å². The zero-order chi connectivity index (χ0) is 19.1. The maximum absolute atomic E-state index is 12.4. The molecule has 2 aromatic carbocycles. The number of carboxylic acids is 1. The highest BCUT2D eigenvalue weighted by Gasteiger charge is 2.34. The monoisotopic (exact) mass is 397 g/mol. The van der Waals surface area contributed by atoms with Crippen molar-refractivity contribution in [3.8, 4) is 11.1 Å². The van der Waals surface area contributed by atoms with E-state index in [1.807, 2.05) is 43.3 Å². The molecule has 2 N–H and O–H groups in total. The van der Waals surface area contributed by atoms with E-state index in [0.29, 0.717) is 16.3 Å². The van der Waals surface area contributed by atoms with Gasteiger partial charge >= 0.3 is 5.97 Å². The van der Waals surface area contributed by atoms with Gasteiger partial charge in [0.05, 0.1) is 5.69 Å². The SMILES string of the molecule is Cc1ccc(-c2c(C(=O)O)sc3c2NC(=O)C[C@H]3c2ccc(Cl)cc2)cc1. The van der Waals surface area contributed by atoms with Crippen LogP contribution in [0, 0.1) is 6.92 Å². The Hall–Kier alpha value is -2.63. The molecule has 1 aromatic heterocycles. The largest absolute Gasteiger partial charge is 0.477 e. The molecule has 1 aliphatic heterocycles. The molecule has 6 heteroatoms. The summed E-state index contributed by atoms with van der Waals surface area (Å²) in [6.45, 7) is 1.98. The minimum atomic E-state index is -0.992. The van der Waals surface area contributed by atoms with Crippen molar-refractivity contribution in [3.05, 3.63) is 74.4 Å². The van der Waals surface area contributed by atoms with Crippen LogP contribution < -0.4 is 5.32 Å². The van der Waals surface area contributed by atoms with Gasteiger partial charge in [0.25, 0.3) is 0 Å². The van der Waals surface area contributed by atoms with Crippen LogP contribution in [0.1, 0.15) is 38.0 Å². The molecule has 0 saturated carbocycles. The minimum Gasteiger partial charge on any atom is -0.477 e. The quantitative estimate of drug-likeness (QED) is 0.608. The fourth-order valence-corrected chi connectivity index (χ4v) is 4.77. The third kappa shape index (κ3) is 3.24. The second-order valence-electron chi connectivity index (χ2n) is 6.57. The van der Waals surface area contributed by atoms with Crippen LogP contribution >= 0.6 is 22.9 Å². The Morgan fingerprint density at radius 1 is 1.15 bits per heavy atom. The number of fused-ring (bicyclic) bond motifs is 1. The molecule has 2 heterocycles. The molecule has 0 unspecified atom stereocenters. The van der Waals surface area contributed by atoms with E-state index < -0.39 is 5.97 Å². The lowest BCUT2D eigenvalue weighted by molar-refractivity contribution is -0.116. The first-order valence-electron chi connectivity index (χ1n) is 8.46. The molecule has 0 radical (unpaired) electrons. The van der Waals surface area contributed by atoms with Crippen LogP contribution in [0.3, 0.4) is 0 Å². The molecule has 4 rings (SSSR count). The molecule has 4 nitrogen and oxygen atoms in total. The highest BCUT2D eigenvalue weighted by molar-refractivity contribution is 7.15. The molecule has 0 spiro atoms. The lowest BCUT2D eigenvalue weighted by atomic mass is 9.88. The van der Waals surface area contributed by atoms with Gasteiger partial charge in [-0.05, 0) is 30.2 Å². The lowest BCUT2D eigenvalue weighted by Gasteiger charge is -2.24. The summed E-state index contributed by atoms with van der Waals surface area (Å²) in [5.41, 5.74) is 4.01. The van der Waals surface area contributed by atoms with E-state index in [4.69, 9.17) is 11.6 Å². The fraction of sp³-hybridized carbons (Fsp3) is 0.143. The van der Waals surface area contributed by atoms with Crippen LogP contribution in [0.5, 0.6) is 0 Å². The van der Waals surface area contributed by atoms with Gasteiger partial charge in [-0.3, -0.25) is 4.79 Å². The number of benzene rings is 2. The fourth-order valence-electron chi connectivity index (χ4n) is 3.40. The number of hydrogen-bond donors (Lipinski definition) is 2. The number of rotatable bonds is 3. The van der Waals surface area contributed by atoms with Crippen molar-refractivity contribution in [3.63, 3.8) is 0 Å². The summed E-state index contributed by atoms with van der Waals surface area (Å²) in [4.78, 5) is 25.4. The van der Waals surface area contributed by atoms with E-state index in [0.717, 1.165) is 21.6 Å². The molecule has 27 heavy (non-hydrogen) atoms. The van der Waals surface area contributed by atoms with E-state index in [9.17, 15) is 14.7 Å². The van der Waals surface area contributed by atoms with Crippen molar-refractivity contribution >= 4 is 40.5 Å². The summed E-state index contributed by atoms with van der Waals surface area (Å²) in [6.07, 6.45) is 0.279. The first-order valence-corrected chi connectivity index (χ1v) is 9.66. The molecule has 0 saturated heterocycles. The van der Waals surface area contributed by atoms with Gasteiger partial charge in [-0.1, -0.05) is 53.6 Å². The normalized spacial score (nSPS) is 15.9. The minimum absolute atomic E-state index is 0.120. The topological polar surface area (TPSA) is 66.4 Å². The zero-order valence-corrected chi connectivity index (χ0v) is 16.0. The van der Waals surface area contributed by atoms with Crippen LogP contribution in [-0.2, 0) is 4.79 Å². The van der Waals surface area contributed by atoms with Gasteiger partial charge in [-0.15, -0.1) is 11.3 Å². The third-order valence-electron chi connectivity index (χ3n) is 4.71. The number of carboxylic acid groups (broad SMARTS) is 1. The molecule has 0 fully saturated rings. The highest BCUT2D eigenvalue weighted by atomic mass is 35.5. The van der Waals surface area contributed by atoms with Crippen molar-refractivity contribution < 1.29 is 14.7 Å².